The van der Waals surface area contributed by atoms with Crippen LogP contribution in [0, 0.1) is 0 Å². The fraction of sp³-hybridized carbons (Fsp3) is 0.429. The fourth-order valence-corrected chi connectivity index (χ4v) is 1.76. The maximum atomic E-state index is 11.8. The van der Waals surface area contributed by atoms with E-state index in [9.17, 15) is 9.59 Å². The van der Waals surface area contributed by atoms with E-state index in [1.807, 2.05) is 6.92 Å². The van der Waals surface area contributed by atoms with Gasteiger partial charge in [0.15, 0.2) is 0 Å². The standard InChI is InChI=1S/C14H21N3O2/c1-2-3-4-12(14(16)19)17-13(18)9-10-5-7-11(15)8-6-10/h5-8,12H,2-4,9,15H2,1H3,(H2,16,19)(H,17,18). The van der Waals surface area contributed by atoms with Gasteiger partial charge in [-0.25, -0.2) is 0 Å². The summed E-state index contributed by atoms with van der Waals surface area (Å²) in [6.07, 6.45) is 2.61. The predicted octanol–water partition coefficient (Wildman–Crippen LogP) is 0.972. The third-order valence-corrected chi connectivity index (χ3v) is 2.87. The molecular formula is C14H21N3O2. The Morgan fingerprint density at radius 1 is 1.26 bits per heavy atom. The Morgan fingerprint density at radius 3 is 2.42 bits per heavy atom. The summed E-state index contributed by atoms with van der Waals surface area (Å²) in [5.41, 5.74) is 12.3. The maximum Gasteiger partial charge on any atom is 0.239 e. The lowest BCUT2D eigenvalue weighted by Gasteiger charge is -2.15. The number of anilines is 1. The van der Waals surface area contributed by atoms with Gasteiger partial charge in [-0.1, -0.05) is 31.9 Å². The molecule has 104 valence electrons. The van der Waals surface area contributed by atoms with Gasteiger partial charge in [0.25, 0.3) is 0 Å². The van der Waals surface area contributed by atoms with Crippen molar-refractivity contribution < 1.29 is 9.59 Å². The van der Waals surface area contributed by atoms with E-state index in [1.54, 1.807) is 24.3 Å². The summed E-state index contributed by atoms with van der Waals surface area (Å²) in [6, 6.07) is 6.48. The summed E-state index contributed by atoms with van der Waals surface area (Å²) in [4.78, 5) is 23.1. The lowest BCUT2D eigenvalue weighted by molar-refractivity contribution is -0.127. The lowest BCUT2D eigenvalue weighted by atomic mass is 10.1. The second-order valence-electron chi connectivity index (χ2n) is 4.58. The van der Waals surface area contributed by atoms with Crippen LogP contribution < -0.4 is 16.8 Å². The van der Waals surface area contributed by atoms with Gasteiger partial charge < -0.3 is 16.8 Å². The van der Waals surface area contributed by atoms with E-state index in [2.05, 4.69) is 5.32 Å². The smallest absolute Gasteiger partial charge is 0.239 e. The molecule has 1 rings (SSSR count). The number of hydrogen-bond donors (Lipinski definition) is 3. The fourth-order valence-electron chi connectivity index (χ4n) is 1.76. The van der Waals surface area contributed by atoms with Crippen molar-refractivity contribution in [2.45, 2.75) is 38.6 Å². The number of nitrogens with one attached hydrogen (secondary N) is 1. The molecule has 0 saturated carbocycles. The minimum absolute atomic E-state index is 0.204. The number of carbonyl (C=O) groups is 2. The van der Waals surface area contributed by atoms with Crippen molar-refractivity contribution in [3.05, 3.63) is 29.8 Å². The second-order valence-corrected chi connectivity index (χ2v) is 4.58. The number of amides is 2. The maximum absolute atomic E-state index is 11.8. The summed E-state index contributed by atoms with van der Waals surface area (Å²) in [5, 5.41) is 2.67. The minimum Gasteiger partial charge on any atom is -0.399 e. The molecule has 2 amide bonds. The van der Waals surface area contributed by atoms with Gasteiger partial charge in [-0.3, -0.25) is 9.59 Å². The van der Waals surface area contributed by atoms with Crippen LogP contribution in [0.15, 0.2) is 24.3 Å². The topological polar surface area (TPSA) is 98.2 Å². The van der Waals surface area contributed by atoms with Crippen LogP contribution in [-0.2, 0) is 16.0 Å². The first kappa shape index (κ1) is 15.0. The first-order valence-electron chi connectivity index (χ1n) is 6.46. The van der Waals surface area contributed by atoms with Gasteiger partial charge in [0, 0.05) is 5.69 Å². The number of rotatable bonds is 7. The van der Waals surface area contributed by atoms with Crippen LogP contribution in [-0.4, -0.2) is 17.9 Å². The average molecular weight is 263 g/mol. The van der Waals surface area contributed by atoms with Crippen molar-refractivity contribution in [2.24, 2.45) is 5.73 Å². The van der Waals surface area contributed by atoms with E-state index in [4.69, 9.17) is 11.5 Å². The molecule has 5 nitrogen and oxygen atoms in total. The molecule has 0 spiro atoms. The van der Waals surface area contributed by atoms with Gasteiger partial charge in [0.05, 0.1) is 6.42 Å². The Balaban J connectivity index is 2.52. The molecule has 5 heteroatoms. The number of nitrogens with two attached hydrogens (primary N) is 2. The van der Waals surface area contributed by atoms with E-state index in [0.29, 0.717) is 12.1 Å². The predicted molar refractivity (Wildman–Crippen MR) is 75.2 cm³/mol. The van der Waals surface area contributed by atoms with Crippen LogP contribution in [0.3, 0.4) is 0 Å². The minimum atomic E-state index is -0.582. The van der Waals surface area contributed by atoms with Crippen molar-refractivity contribution in [3.63, 3.8) is 0 Å². The number of carbonyl (C=O) groups excluding carboxylic acids is 2. The molecule has 1 atom stereocenters. The molecule has 5 N–H and O–H groups in total. The summed E-state index contributed by atoms with van der Waals surface area (Å²) >= 11 is 0. The lowest BCUT2D eigenvalue weighted by Crippen LogP contribution is -2.44. The highest BCUT2D eigenvalue weighted by molar-refractivity contribution is 5.87. The van der Waals surface area contributed by atoms with Gasteiger partial charge in [0.1, 0.15) is 6.04 Å². The summed E-state index contributed by atoms with van der Waals surface area (Å²) in [6.45, 7) is 2.02. The number of unbranched alkanes of at least 4 members (excludes halogenated alkanes) is 1. The normalized spacial score (nSPS) is 11.8. The van der Waals surface area contributed by atoms with Crippen LogP contribution in [0.2, 0.25) is 0 Å². The second kappa shape index (κ2) is 7.41. The Kier molecular flexibility index (Phi) is 5.85. The Hall–Kier alpha value is -2.04. The van der Waals surface area contributed by atoms with Gasteiger partial charge in [0.2, 0.25) is 11.8 Å². The van der Waals surface area contributed by atoms with Crippen LogP contribution in [0.5, 0.6) is 0 Å². The highest BCUT2D eigenvalue weighted by atomic mass is 16.2. The summed E-state index contributed by atoms with van der Waals surface area (Å²) in [7, 11) is 0. The van der Waals surface area contributed by atoms with Gasteiger partial charge in [-0.15, -0.1) is 0 Å². The molecule has 0 aliphatic heterocycles. The first-order valence-corrected chi connectivity index (χ1v) is 6.46. The van der Waals surface area contributed by atoms with Crippen LogP contribution in [0.4, 0.5) is 5.69 Å². The van der Waals surface area contributed by atoms with Gasteiger partial charge in [-0.05, 0) is 24.1 Å². The number of hydrogen-bond acceptors (Lipinski definition) is 3. The first-order chi connectivity index (χ1) is 9.02. The zero-order chi connectivity index (χ0) is 14.3. The zero-order valence-electron chi connectivity index (χ0n) is 11.2. The molecule has 1 aromatic rings. The molecule has 0 fully saturated rings. The van der Waals surface area contributed by atoms with E-state index >= 15 is 0 Å². The Labute approximate surface area is 113 Å². The summed E-state index contributed by atoms with van der Waals surface area (Å²) in [5.74, 6) is -0.691. The Morgan fingerprint density at radius 2 is 1.89 bits per heavy atom. The quantitative estimate of drug-likeness (QED) is 0.639. The molecule has 0 aromatic heterocycles. The number of primary amides is 1. The zero-order valence-corrected chi connectivity index (χ0v) is 11.2. The molecule has 0 aliphatic rings. The molecule has 0 saturated heterocycles. The van der Waals surface area contributed by atoms with Gasteiger partial charge in [-0.2, -0.15) is 0 Å². The number of nitrogen functional groups attached to an aromatic ring is 1. The molecule has 1 aromatic carbocycles. The van der Waals surface area contributed by atoms with Crippen LogP contribution in [0.25, 0.3) is 0 Å². The third-order valence-electron chi connectivity index (χ3n) is 2.87. The molecule has 19 heavy (non-hydrogen) atoms. The monoisotopic (exact) mass is 263 g/mol. The Bertz CT molecular complexity index is 429. The van der Waals surface area contributed by atoms with Crippen molar-refractivity contribution in [2.75, 3.05) is 5.73 Å². The van der Waals surface area contributed by atoms with E-state index in [0.717, 1.165) is 18.4 Å². The van der Waals surface area contributed by atoms with Crippen molar-refractivity contribution in [3.8, 4) is 0 Å². The van der Waals surface area contributed by atoms with Crippen molar-refractivity contribution >= 4 is 17.5 Å². The molecule has 1 unspecified atom stereocenters. The molecule has 0 heterocycles. The number of benzene rings is 1. The van der Waals surface area contributed by atoms with Crippen molar-refractivity contribution in [1.82, 2.24) is 5.32 Å². The van der Waals surface area contributed by atoms with E-state index < -0.39 is 11.9 Å². The third kappa shape index (κ3) is 5.42. The van der Waals surface area contributed by atoms with Crippen LogP contribution >= 0.6 is 0 Å². The van der Waals surface area contributed by atoms with Crippen molar-refractivity contribution in [1.29, 1.82) is 0 Å². The van der Waals surface area contributed by atoms with Gasteiger partial charge >= 0.3 is 0 Å². The summed E-state index contributed by atoms with van der Waals surface area (Å²) < 4.78 is 0. The van der Waals surface area contributed by atoms with Crippen LogP contribution in [0.1, 0.15) is 31.7 Å². The van der Waals surface area contributed by atoms with E-state index in [-0.39, 0.29) is 12.3 Å². The SMILES string of the molecule is CCCCC(NC(=O)Cc1ccc(N)cc1)C(N)=O. The highest BCUT2D eigenvalue weighted by Gasteiger charge is 2.17. The van der Waals surface area contributed by atoms with E-state index in [1.165, 1.54) is 0 Å². The molecular weight excluding hydrogens is 242 g/mol. The molecule has 0 bridgehead atoms. The highest BCUT2D eigenvalue weighted by Crippen LogP contribution is 2.07. The molecule has 0 radical (unpaired) electrons. The average Bonchev–Trinajstić information content (AvgIpc) is 2.37. The molecule has 0 aliphatic carbocycles. The largest absolute Gasteiger partial charge is 0.399 e.